The predicted molar refractivity (Wildman–Crippen MR) is 101 cm³/mol. The first-order valence-electron chi connectivity index (χ1n) is 8.89. The Labute approximate surface area is 150 Å². The van der Waals surface area contributed by atoms with Crippen LogP contribution < -0.4 is 10.7 Å². The van der Waals surface area contributed by atoms with E-state index in [1.165, 1.54) is 12.1 Å². The van der Waals surface area contributed by atoms with Crippen molar-refractivity contribution < 1.29 is 4.39 Å². The Morgan fingerprint density at radius 1 is 1.19 bits per heavy atom. The molecule has 0 unspecified atom stereocenters. The lowest BCUT2D eigenvalue weighted by Crippen LogP contribution is -2.39. The Balaban J connectivity index is 1.39. The topological polar surface area (TPSA) is 61.0 Å². The molecule has 0 bridgehead atoms. The smallest absolute Gasteiger partial charge is 0.189 e. The molecule has 1 saturated heterocycles. The second-order valence-corrected chi connectivity index (χ2v) is 6.76. The highest BCUT2D eigenvalue weighted by atomic mass is 19.1. The number of aromatic amines is 1. The monoisotopic (exact) mass is 352 g/mol. The molecule has 5 nitrogen and oxygen atoms in total. The van der Waals surface area contributed by atoms with Crippen LogP contribution in [0.3, 0.4) is 0 Å². The van der Waals surface area contributed by atoms with Crippen LogP contribution in [0.2, 0.25) is 0 Å². The van der Waals surface area contributed by atoms with E-state index in [0.29, 0.717) is 23.5 Å². The van der Waals surface area contributed by atoms with Crippen LogP contribution in [-0.4, -0.2) is 34.0 Å². The number of rotatable bonds is 4. The minimum Gasteiger partial charge on any atom is -0.367 e. The van der Waals surface area contributed by atoms with Gasteiger partial charge in [-0.05, 0) is 43.2 Å². The minimum absolute atomic E-state index is 0.139. The lowest BCUT2D eigenvalue weighted by Gasteiger charge is -2.32. The zero-order valence-electron chi connectivity index (χ0n) is 14.4. The quantitative estimate of drug-likeness (QED) is 0.757. The lowest BCUT2D eigenvalue weighted by atomic mass is 10.0. The Hall–Kier alpha value is -2.73. The number of fused-ring (bicyclic) bond motifs is 1. The lowest BCUT2D eigenvalue weighted by molar-refractivity contribution is 0.209. The Bertz CT molecular complexity index is 949. The van der Waals surface area contributed by atoms with E-state index in [1.807, 2.05) is 18.2 Å². The third kappa shape index (κ3) is 3.75. The summed E-state index contributed by atoms with van der Waals surface area (Å²) in [5.41, 5.74) is 1.41. The van der Waals surface area contributed by atoms with E-state index in [2.05, 4.69) is 20.2 Å². The molecule has 0 amide bonds. The first kappa shape index (κ1) is 16.7. The van der Waals surface area contributed by atoms with Crippen LogP contribution in [0.1, 0.15) is 18.5 Å². The Morgan fingerprint density at radius 3 is 2.81 bits per heavy atom. The fourth-order valence-electron chi connectivity index (χ4n) is 3.49. The van der Waals surface area contributed by atoms with Gasteiger partial charge in [0.15, 0.2) is 5.43 Å². The SMILES string of the molecule is O=c1cc(CN2CCC(Nc3ccccn3)CC2)[nH]c2ccc(F)cc12. The molecule has 6 heteroatoms. The number of benzene rings is 1. The molecule has 3 aromatic rings. The van der Waals surface area contributed by atoms with Gasteiger partial charge in [0.25, 0.3) is 0 Å². The first-order chi connectivity index (χ1) is 12.7. The second kappa shape index (κ2) is 7.25. The van der Waals surface area contributed by atoms with E-state index in [1.54, 1.807) is 18.3 Å². The maximum absolute atomic E-state index is 13.3. The number of piperidine rings is 1. The van der Waals surface area contributed by atoms with Crippen molar-refractivity contribution in [3.05, 3.63) is 70.4 Å². The average molecular weight is 352 g/mol. The third-order valence-electron chi connectivity index (χ3n) is 4.85. The fraction of sp³-hybridized carbons (Fsp3) is 0.300. The summed E-state index contributed by atoms with van der Waals surface area (Å²) in [5.74, 6) is 0.523. The highest BCUT2D eigenvalue weighted by molar-refractivity contribution is 5.78. The van der Waals surface area contributed by atoms with Crippen molar-refractivity contribution in [2.45, 2.75) is 25.4 Å². The van der Waals surface area contributed by atoms with Gasteiger partial charge >= 0.3 is 0 Å². The summed E-state index contributed by atoms with van der Waals surface area (Å²) in [6, 6.07) is 12.1. The molecule has 0 saturated carbocycles. The van der Waals surface area contributed by atoms with Gasteiger partial charge < -0.3 is 10.3 Å². The van der Waals surface area contributed by atoms with Crippen LogP contribution in [0.25, 0.3) is 10.9 Å². The van der Waals surface area contributed by atoms with Gasteiger partial charge in [-0.1, -0.05) is 6.07 Å². The van der Waals surface area contributed by atoms with Crippen LogP contribution in [0.15, 0.2) is 53.5 Å². The predicted octanol–water partition coefficient (Wildman–Crippen LogP) is 3.14. The molecule has 2 N–H and O–H groups in total. The van der Waals surface area contributed by atoms with E-state index in [9.17, 15) is 9.18 Å². The maximum Gasteiger partial charge on any atom is 0.189 e. The first-order valence-corrected chi connectivity index (χ1v) is 8.89. The summed E-state index contributed by atoms with van der Waals surface area (Å²) in [6.07, 6.45) is 3.85. The van der Waals surface area contributed by atoms with Crippen LogP contribution in [0, 0.1) is 5.82 Å². The molecule has 3 heterocycles. The summed E-state index contributed by atoms with van der Waals surface area (Å²) < 4.78 is 13.3. The summed E-state index contributed by atoms with van der Waals surface area (Å²) in [4.78, 5) is 22.1. The van der Waals surface area contributed by atoms with Crippen molar-refractivity contribution >= 4 is 16.7 Å². The van der Waals surface area contributed by atoms with Crippen molar-refractivity contribution in [2.24, 2.45) is 0 Å². The summed E-state index contributed by atoms with van der Waals surface area (Å²) >= 11 is 0. The fourth-order valence-corrected chi connectivity index (χ4v) is 3.49. The molecule has 0 aliphatic carbocycles. The van der Waals surface area contributed by atoms with Gasteiger partial charge in [-0.3, -0.25) is 9.69 Å². The number of anilines is 1. The van der Waals surface area contributed by atoms with Gasteiger partial charge in [-0.2, -0.15) is 0 Å². The van der Waals surface area contributed by atoms with E-state index in [-0.39, 0.29) is 5.43 Å². The molecule has 2 aromatic heterocycles. The van der Waals surface area contributed by atoms with Crippen molar-refractivity contribution in [3.63, 3.8) is 0 Å². The normalized spacial score (nSPS) is 16.0. The number of hydrogen-bond donors (Lipinski definition) is 2. The van der Waals surface area contributed by atoms with Gasteiger partial charge in [0, 0.05) is 54.5 Å². The van der Waals surface area contributed by atoms with Crippen LogP contribution in [-0.2, 0) is 6.54 Å². The van der Waals surface area contributed by atoms with E-state index in [4.69, 9.17) is 0 Å². The van der Waals surface area contributed by atoms with Gasteiger partial charge in [0.2, 0.25) is 0 Å². The standard InChI is InChI=1S/C20H21FN4O/c21-14-4-5-18-17(11-14)19(26)12-16(23-18)13-25-9-6-15(7-10-25)24-20-3-1-2-8-22-20/h1-5,8,11-12,15H,6-7,9-10,13H2,(H,22,24)(H,23,26). The molecular weight excluding hydrogens is 331 g/mol. The van der Waals surface area contributed by atoms with E-state index < -0.39 is 5.82 Å². The molecule has 1 fully saturated rings. The largest absolute Gasteiger partial charge is 0.367 e. The van der Waals surface area contributed by atoms with Crippen LogP contribution in [0.5, 0.6) is 0 Å². The molecule has 4 rings (SSSR count). The van der Waals surface area contributed by atoms with Gasteiger partial charge in [-0.15, -0.1) is 0 Å². The average Bonchev–Trinajstić information content (AvgIpc) is 2.65. The number of nitrogens with one attached hydrogen (secondary N) is 2. The van der Waals surface area contributed by atoms with Crippen molar-refractivity contribution in [1.29, 1.82) is 0 Å². The van der Waals surface area contributed by atoms with Gasteiger partial charge in [-0.25, -0.2) is 9.37 Å². The molecule has 0 radical (unpaired) electrons. The molecule has 0 spiro atoms. The number of nitrogens with zero attached hydrogens (tertiary/aromatic N) is 2. The summed E-state index contributed by atoms with van der Waals surface area (Å²) in [5, 5.41) is 3.87. The molecular formula is C20H21FN4O. The number of pyridine rings is 2. The van der Waals surface area contributed by atoms with Crippen molar-refractivity contribution in [2.75, 3.05) is 18.4 Å². The second-order valence-electron chi connectivity index (χ2n) is 6.76. The molecule has 1 aromatic carbocycles. The van der Waals surface area contributed by atoms with Crippen molar-refractivity contribution in [1.82, 2.24) is 14.9 Å². The van der Waals surface area contributed by atoms with Gasteiger partial charge in [0.05, 0.1) is 0 Å². The maximum atomic E-state index is 13.3. The van der Waals surface area contributed by atoms with Gasteiger partial charge in [0.1, 0.15) is 11.6 Å². The zero-order valence-corrected chi connectivity index (χ0v) is 14.4. The number of halogens is 1. The minimum atomic E-state index is -0.391. The highest BCUT2D eigenvalue weighted by Crippen LogP contribution is 2.17. The summed E-state index contributed by atoms with van der Waals surface area (Å²) in [7, 11) is 0. The number of aromatic nitrogens is 2. The Kier molecular flexibility index (Phi) is 4.67. The Morgan fingerprint density at radius 2 is 2.04 bits per heavy atom. The molecule has 0 atom stereocenters. The van der Waals surface area contributed by atoms with Crippen LogP contribution in [0.4, 0.5) is 10.2 Å². The molecule has 1 aliphatic rings. The molecule has 26 heavy (non-hydrogen) atoms. The molecule has 134 valence electrons. The summed E-state index contributed by atoms with van der Waals surface area (Å²) in [6.45, 7) is 2.60. The van der Waals surface area contributed by atoms with Crippen molar-refractivity contribution in [3.8, 4) is 0 Å². The van der Waals surface area contributed by atoms with Crippen LogP contribution >= 0.6 is 0 Å². The van der Waals surface area contributed by atoms with E-state index in [0.717, 1.165) is 37.4 Å². The number of H-pyrrole nitrogens is 1. The molecule has 1 aliphatic heterocycles. The number of likely N-dealkylation sites (tertiary alicyclic amines) is 1. The zero-order chi connectivity index (χ0) is 17.9. The van der Waals surface area contributed by atoms with E-state index >= 15 is 0 Å². The highest BCUT2D eigenvalue weighted by Gasteiger charge is 2.19. The number of hydrogen-bond acceptors (Lipinski definition) is 4. The third-order valence-corrected chi connectivity index (χ3v) is 4.85.